The van der Waals surface area contributed by atoms with Gasteiger partial charge in [0.05, 0.1) is 11.2 Å². The van der Waals surface area contributed by atoms with Gasteiger partial charge in [0.2, 0.25) is 0 Å². The van der Waals surface area contributed by atoms with Crippen molar-refractivity contribution in [2.45, 2.75) is 53.0 Å². The van der Waals surface area contributed by atoms with Gasteiger partial charge >= 0.3 is 0 Å². The van der Waals surface area contributed by atoms with Crippen LogP contribution in [0.1, 0.15) is 58.2 Å². The van der Waals surface area contributed by atoms with E-state index in [9.17, 15) is 0 Å². The Morgan fingerprint density at radius 1 is 1.38 bits per heavy atom. The van der Waals surface area contributed by atoms with Crippen molar-refractivity contribution >= 4 is 11.3 Å². The number of hydrogen-bond acceptors (Lipinski definition) is 3. The van der Waals surface area contributed by atoms with Crippen LogP contribution in [0.5, 0.6) is 0 Å². The minimum Gasteiger partial charge on any atom is -0.306 e. The molecule has 0 saturated heterocycles. The fourth-order valence-electron chi connectivity index (χ4n) is 1.68. The van der Waals surface area contributed by atoms with Crippen LogP contribution in [0.3, 0.4) is 0 Å². The van der Waals surface area contributed by atoms with Crippen LogP contribution < -0.4 is 5.32 Å². The third-order valence-electron chi connectivity index (χ3n) is 3.26. The Bertz CT molecular complexity index is 330. The zero-order chi connectivity index (χ0) is 12.3. The number of aromatic nitrogens is 1. The molecule has 1 aromatic heterocycles. The smallest absolute Gasteiger partial charge is 0.113 e. The molecule has 0 fully saturated rings. The highest BCUT2D eigenvalue weighted by atomic mass is 32.1. The molecule has 1 atom stereocenters. The predicted octanol–water partition coefficient (Wildman–Crippen LogP) is 3.75. The summed E-state index contributed by atoms with van der Waals surface area (Å²) in [6, 6.07) is 0. The van der Waals surface area contributed by atoms with Crippen molar-refractivity contribution in [2.24, 2.45) is 5.92 Å². The van der Waals surface area contributed by atoms with Gasteiger partial charge in [-0.05, 0) is 25.3 Å². The number of rotatable bonds is 5. The quantitative estimate of drug-likeness (QED) is 0.848. The molecule has 1 heterocycles. The van der Waals surface area contributed by atoms with Gasteiger partial charge in [-0.2, -0.15) is 0 Å². The minimum absolute atomic E-state index is 0.00650. The molecule has 2 nitrogen and oxygen atoms in total. The highest BCUT2D eigenvalue weighted by molar-refractivity contribution is 7.09. The van der Waals surface area contributed by atoms with Crippen molar-refractivity contribution in [1.29, 1.82) is 0 Å². The number of hydrogen-bond donors (Lipinski definition) is 1. The van der Waals surface area contributed by atoms with E-state index in [0.717, 1.165) is 6.54 Å². The lowest BCUT2D eigenvalue weighted by molar-refractivity contribution is 0.270. The van der Waals surface area contributed by atoms with Crippen molar-refractivity contribution in [3.63, 3.8) is 0 Å². The van der Waals surface area contributed by atoms with Gasteiger partial charge in [0.25, 0.3) is 0 Å². The van der Waals surface area contributed by atoms with Crippen LogP contribution in [0.2, 0.25) is 0 Å². The summed E-state index contributed by atoms with van der Waals surface area (Å²) >= 11 is 1.78. The van der Waals surface area contributed by atoms with Crippen LogP contribution in [-0.2, 0) is 5.54 Å². The summed E-state index contributed by atoms with van der Waals surface area (Å²) in [6.07, 6.45) is 0. The van der Waals surface area contributed by atoms with Crippen LogP contribution in [0, 0.1) is 5.92 Å². The third kappa shape index (κ3) is 2.64. The molecule has 16 heavy (non-hydrogen) atoms. The van der Waals surface area contributed by atoms with Crippen LogP contribution in [0.15, 0.2) is 5.38 Å². The molecule has 1 aromatic rings. The van der Waals surface area contributed by atoms with Gasteiger partial charge < -0.3 is 5.32 Å². The summed E-state index contributed by atoms with van der Waals surface area (Å²) in [7, 11) is 0. The standard InChI is InChI=1S/C13H24N2S/c1-7-14-13(6,10(4)5)12-15-11(8-16-12)9(2)3/h8-10,14H,7H2,1-6H3. The van der Waals surface area contributed by atoms with E-state index in [-0.39, 0.29) is 5.54 Å². The average molecular weight is 240 g/mol. The Kier molecular flexibility index (Phi) is 4.51. The molecule has 0 aromatic carbocycles. The molecule has 0 aliphatic rings. The van der Waals surface area contributed by atoms with Crippen molar-refractivity contribution in [1.82, 2.24) is 10.3 Å². The van der Waals surface area contributed by atoms with Gasteiger partial charge in [0.1, 0.15) is 5.01 Å². The SMILES string of the molecule is CCNC(C)(c1nc(C(C)C)cs1)C(C)C. The van der Waals surface area contributed by atoms with Gasteiger partial charge in [0, 0.05) is 5.38 Å². The highest BCUT2D eigenvalue weighted by Crippen LogP contribution is 2.32. The zero-order valence-electron chi connectivity index (χ0n) is 11.3. The molecule has 0 amide bonds. The maximum Gasteiger partial charge on any atom is 0.113 e. The molecular formula is C13H24N2S. The molecule has 3 heteroatoms. The van der Waals surface area contributed by atoms with E-state index < -0.39 is 0 Å². The Labute approximate surface area is 103 Å². The lowest BCUT2D eigenvalue weighted by Crippen LogP contribution is -2.43. The molecule has 1 rings (SSSR count). The van der Waals surface area contributed by atoms with Gasteiger partial charge in [-0.25, -0.2) is 4.98 Å². The lowest BCUT2D eigenvalue weighted by atomic mass is 9.89. The second-order valence-corrected chi connectivity index (χ2v) is 5.98. The summed E-state index contributed by atoms with van der Waals surface area (Å²) in [5.74, 6) is 1.06. The summed E-state index contributed by atoms with van der Waals surface area (Å²) < 4.78 is 0. The number of thiazole rings is 1. The van der Waals surface area contributed by atoms with Crippen LogP contribution in [-0.4, -0.2) is 11.5 Å². The minimum atomic E-state index is 0.00650. The maximum absolute atomic E-state index is 4.78. The topological polar surface area (TPSA) is 24.9 Å². The molecule has 92 valence electrons. The molecule has 1 unspecified atom stereocenters. The van der Waals surface area contributed by atoms with Crippen molar-refractivity contribution < 1.29 is 0 Å². The van der Waals surface area contributed by atoms with E-state index in [1.807, 2.05) is 0 Å². The number of nitrogens with zero attached hydrogens (tertiary/aromatic N) is 1. The van der Waals surface area contributed by atoms with Gasteiger partial charge in [-0.1, -0.05) is 34.6 Å². The fraction of sp³-hybridized carbons (Fsp3) is 0.769. The van der Waals surface area contributed by atoms with Gasteiger partial charge in [0.15, 0.2) is 0 Å². The third-order valence-corrected chi connectivity index (χ3v) is 4.35. The van der Waals surface area contributed by atoms with E-state index in [0.29, 0.717) is 11.8 Å². The Hall–Kier alpha value is -0.410. The second kappa shape index (κ2) is 5.28. The Balaban J connectivity index is 3.02. The first-order chi connectivity index (χ1) is 7.41. The van der Waals surface area contributed by atoms with Crippen LogP contribution >= 0.6 is 11.3 Å². The summed E-state index contributed by atoms with van der Waals surface area (Å²) in [5, 5.41) is 6.98. The van der Waals surface area contributed by atoms with Crippen molar-refractivity contribution in [3.05, 3.63) is 16.1 Å². The van der Waals surface area contributed by atoms with E-state index >= 15 is 0 Å². The maximum atomic E-state index is 4.78. The summed E-state index contributed by atoms with van der Waals surface area (Å²) in [4.78, 5) is 4.78. The normalized spacial score (nSPS) is 15.8. The molecule has 0 aliphatic heterocycles. The largest absolute Gasteiger partial charge is 0.306 e. The Morgan fingerprint density at radius 3 is 2.38 bits per heavy atom. The second-order valence-electron chi connectivity index (χ2n) is 5.12. The molecule has 0 spiro atoms. The lowest BCUT2D eigenvalue weighted by Gasteiger charge is -2.32. The molecule has 0 radical (unpaired) electrons. The first kappa shape index (κ1) is 13.7. The van der Waals surface area contributed by atoms with Crippen molar-refractivity contribution in [3.8, 4) is 0 Å². The van der Waals surface area contributed by atoms with E-state index in [1.165, 1.54) is 10.7 Å². The Morgan fingerprint density at radius 2 is 2.00 bits per heavy atom. The first-order valence-corrected chi connectivity index (χ1v) is 7.00. The average Bonchev–Trinajstić information content (AvgIpc) is 2.66. The fourth-order valence-corrected chi connectivity index (χ4v) is 2.95. The molecule has 0 aliphatic carbocycles. The molecule has 0 saturated carbocycles. The van der Waals surface area contributed by atoms with E-state index in [1.54, 1.807) is 11.3 Å². The van der Waals surface area contributed by atoms with Crippen molar-refractivity contribution in [2.75, 3.05) is 6.54 Å². The molecular weight excluding hydrogens is 216 g/mol. The zero-order valence-corrected chi connectivity index (χ0v) is 12.1. The number of nitrogens with one attached hydrogen (secondary N) is 1. The van der Waals surface area contributed by atoms with Crippen LogP contribution in [0.25, 0.3) is 0 Å². The van der Waals surface area contributed by atoms with Gasteiger partial charge in [-0.3, -0.25) is 0 Å². The molecule has 1 N–H and O–H groups in total. The first-order valence-electron chi connectivity index (χ1n) is 6.12. The van der Waals surface area contributed by atoms with E-state index in [4.69, 9.17) is 4.98 Å². The summed E-state index contributed by atoms with van der Waals surface area (Å²) in [6.45, 7) is 14.3. The monoisotopic (exact) mass is 240 g/mol. The van der Waals surface area contributed by atoms with Crippen LogP contribution in [0.4, 0.5) is 0 Å². The molecule has 0 bridgehead atoms. The predicted molar refractivity (Wildman–Crippen MR) is 72.1 cm³/mol. The highest BCUT2D eigenvalue weighted by Gasteiger charge is 2.32. The summed E-state index contributed by atoms with van der Waals surface area (Å²) in [5.41, 5.74) is 1.22. The van der Waals surface area contributed by atoms with Gasteiger partial charge in [-0.15, -0.1) is 11.3 Å². The van der Waals surface area contributed by atoms with E-state index in [2.05, 4.69) is 52.2 Å².